The summed E-state index contributed by atoms with van der Waals surface area (Å²) < 4.78 is 33.8. The summed E-state index contributed by atoms with van der Waals surface area (Å²) in [5, 5.41) is 2.83. The van der Waals surface area contributed by atoms with Crippen LogP contribution in [0, 0.1) is 13.8 Å². The molecule has 0 heterocycles. The van der Waals surface area contributed by atoms with Gasteiger partial charge in [0.05, 0.1) is 11.5 Å². The van der Waals surface area contributed by atoms with Crippen molar-refractivity contribution >= 4 is 21.6 Å². The van der Waals surface area contributed by atoms with E-state index in [4.69, 9.17) is 4.74 Å². The van der Waals surface area contributed by atoms with Gasteiger partial charge in [-0.2, -0.15) is 0 Å². The minimum absolute atomic E-state index is 0.0711. The van der Waals surface area contributed by atoms with Gasteiger partial charge in [-0.05, 0) is 68.3 Å². The summed E-state index contributed by atoms with van der Waals surface area (Å²) in [6.45, 7) is 6.46. The third kappa shape index (κ3) is 5.86. The minimum atomic E-state index is -3.83. The molecule has 3 aromatic rings. The highest BCUT2D eigenvalue weighted by Gasteiger charge is 2.19. The van der Waals surface area contributed by atoms with E-state index in [1.54, 1.807) is 31.2 Å². The summed E-state index contributed by atoms with van der Waals surface area (Å²) in [6.07, 6.45) is 0. The van der Waals surface area contributed by atoms with E-state index < -0.39 is 10.0 Å². The van der Waals surface area contributed by atoms with Gasteiger partial charge >= 0.3 is 0 Å². The van der Waals surface area contributed by atoms with E-state index in [1.807, 2.05) is 50.2 Å². The van der Waals surface area contributed by atoms with Crippen LogP contribution in [0.25, 0.3) is 0 Å². The number of rotatable bonds is 8. The molecule has 0 aromatic heterocycles. The highest BCUT2D eigenvalue weighted by atomic mass is 32.2. The Balaban J connectivity index is 1.73. The molecule has 0 saturated heterocycles. The molecule has 0 spiro atoms. The highest BCUT2D eigenvalue weighted by molar-refractivity contribution is 7.92. The largest absolute Gasteiger partial charge is 0.494 e. The molecule has 0 radical (unpaired) electrons. The van der Waals surface area contributed by atoms with Crippen LogP contribution in [-0.4, -0.2) is 20.9 Å². The fourth-order valence-corrected chi connectivity index (χ4v) is 4.35. The van der Waals surface area contributed by atoms with E-state index in [-0.39, 0.29) is 16.4 Å². The topological polar surface area (TPSA) is 84.5 Å². The average molecular weight is 439 g/mol. The number of nitrogens with one attached hydrogen (secondary N) is 2. The Labute approximate surface area is 183 Å². The van der Waals surface area contributed by atoms with Crippen LogP contribution in [0.4, 0.5) is 5.69 Å². The standard InChI is InChI=1S/C24H26N2O4S/c1-4-30-22-13-8-19(9-14-22)16-25-24(27)20-10-7-18(3)23(15-20)31(28,29)26-21-11-5-17(2)6-12-21/h5-15,26H,4,16H2,1-3H3,(H,25,27). The number of aryl methyl sites for hydroxylation is 2. The summed E-state index contributed by atoms with van der Waals surface area (Å²) in [5.74, 6) is 0.424. The monoisotopic (exact) mass is 438 g/mol. The Bertz CT molecular complexity index is 1160. The van der Waals surface area contributed by atoms with Crippen molar-refractivity contribution in [3.05, 3.63) is 89.0 Å². The molecule has 6 nitrogen and oxygen atoms in total. The number of benzene rings is 3. The summed E-state index contributed by atoms with van der Waals surface area (Å²) in [5.41, 5.74) is 3.25. The predicted octanol–water partition coefficient (Wildman–Crippen LogP) is 4.43. The Kier molecular flexibility index (Phi) is 6.97. The molecule has 0 fully saturated rings. The molecule has 31 heavy (non-hydrogen) atoms. The van der Waals surface area contributed by atoms with Crippen LogP contribution in [0.1, 0.15) is 34.0 Å². The summed E-state index contributed by atoms with van der Waals surface area (Å²) in [6, 6.07) is 19.2. The van der Waals surface area contributed by atoms with Gasteiger partial charge in [-0.15, -0.1) is 0 Å². The van der Waals surface area contributed by atoms with Gasteiger partial charge in [0.1, 0.15) is 5.75 Å². The molecule has 3 aromatic carbocycles. The van der Waals surface area contributed by atoms with E-state index >= 15 is 0 Å². The lowest BCUT2D eigenvalue weighted by Gasteiger charge is -2.13. The van der Waals surface area contributed by atoms with Crippen molar-refractivity contribution in [2.24, 2.45) is 0 Å². The van der Waals surface area contributed by atoms with Crippen LogP contribution in [0.5, 0.6) is 5.75 Å². The zero-order chi connectivity index (χ0) is 22.4. The third-order valence-corrected chi connectivity index (χ3v) is 6.25. The fourth-order valence-electron chi connectivity index (χ4n) is 3.02. The number of hydrogen-bond acceptors (Lipinski definition) is 4. The van der Waals surface area contributed by atoms with Crippen molar-refractivity contribution in [1.29, 1.82) is 0 Å². The van der Waals surface area contributed by atoms with Gasteiger partial charge in [-0.25, -0.2) is 8.42 Å². The Morgan fingerprint density at radius 1 is 0.935 bits per heavy atom. The number of sulfonamides is 1. The first-order valence-electron chi connectivity index (χ1n) is 9.98. The lowest BCUT2D eigenvalue weighted by atomic mass is 10.1. The smallest absolute Gasteiger partial charge is 0.262 e. The van der Waals surface area contributed by atoms with Crippen LogP contribution < -0.4 is 14.8 Å². The summed E-state index contributed by atoms with van der Waals surface area (Å²) >= 11 is 0. The number of ether oxygens (including phenoxy) is 1. The second-order valence-electron chi connectivity index (χ2n) is 7.21. The van der Waals surface area contributed by atoms with Crippen LogP contribution in [-0.2, 0) is 16.6 Å². The molecular weight excluding hydrogens is 412 g/mol. The second kappa shape index (κ2) is 9.66. The first-order valence-corrected chi connectivity index (χ1v) is 11.5. The maximum Gasteiger partial charge on any atom is 0.262 e. The number of amides is 1. The van der Waals surface area contributed by atoms with Crippen LogP contribution in [0.3, 0.4) is 0 Å². The van der Waals surface area contributed by atoms with Gasteiger partial charge in [0, 0.05) is 17.8 Å². The zero-order valence-electron chi connectivity index (χ0n) is 17.8. The Morgan fingerprint density at radius 2 is 1.61 bits per heavy atom. The summed E-state index contributed by atoms with van der Waals surface area (Å²) in [4.78, 5) is 12.7. The molecule has 0 aliphatic heterocycles. The maximum atomic E-state index is 12.9. The molecule has 2 N–H and O–H groups in total. The molecule has 0 saturated carbocycles. The van der Waals surface area contributed by atoms with Crippen molar-refractivity contribution < 1.29 is 17.9 Å². The summed E-state index contributed by atoms with van der Waals surface area (Å²) in [7, 11) is -3.83. The van der Waals surface area contributed by atoms with Crippen molar-refractivity contribution in [2.75, 3.05) is 11.3 Å². The van der Waals surface area contributed by atoms with E-state index in [1.165, 1.54) is 6.07 Å². The van der Waals surface area contributed by atoms with Gasteiger partial charge in [-0.1, -0.05) is 35.9 Å². The van der Waals surface area contributed by atoms with Gasteiger partial charge in [0.2, 0.25) is 0 Å². The van der Waals surface area contributed by atoms with E-state index in [2.05, 4.69) is 10.0 Å². The van der Waals surface area contributed by atoms with Crippen molar-refractivity contribution in [3.8, 4) is 5.75 Å². The number of carbonyl (C=O) groups excluding carboxylic acids is 1. The molecule has 1 amide bonds. The SMILES string of the molecule is CCOc1ccc(CNC(=O)c2ccc(C)c(S(=O)(=O)Nc3ccc(C)cc3)c2)cc1. The highest BCUT2D eigenvalue weighted by Crippen LogP contribution is 2.21. The maximum absolute atomic E-state index is 12.9. The average Bonchev–Trinajstić information content (AvgIpc) is 2.75. The molecule has 3 rings (SSSR count). The Morgan fingerprint density at radius 3 is 2.26 bits per heavy atom. The van der Waals surface area contributed by atoms with Crippen LogP contribution in [0.2, 0.25) is 0 Å². The molecule has 0 atom stereocenters. The molecule has 162 valence electrons. The quantitative estimate of drug-likeness (QED) is 0.545. The fraction of sp³-hybridized carbons (Fsp3) is 0.208. The lowest BCUT2D eigenvalue weighted by molar-refractivity contribution is 0.0950. The lowest BCUT2D eigenvalue weighted by Crippen LogP contribution is -2.23. The number of anilines is 1. The Hall–Kier alpha value is -3.32. The predicted molar refractivity (Wildman–Crippen MR) is 122 cm³/mol. The normalized spacial score (nSPS) is 11.1. The minimum Gasteiger partial charge on any atom is -0.494 e. The molecular formula is C24H26N2O4S. The van der Waals surface area contributed by atoms with E-state index in [9.17, 15) is 13.2 Å². The van der Waals surface area contributed by atoms with E-state index in [0.29, 0.717) is 24.4 Å². The number of hydrogen-bond donors (Lipinski definition) is 2. The first kappa shape index (κ1) is 22.4. The van der Waals surface area contributed by atoms with E-state index in [0.717, 1.165) is 16.9 Å². The van der Waals surface area contributed by atoms with Crippen molar-refractivity contribution in [1.82, 2.24) is 5.32 Å². The second-order valence-corrected chi connectivity index (χ2v) is 8.86. The third-order valence-electron chi connectivity index (χ3n) is 4.73. The zero-order valence-corrected chi connectivity index (χ0v) is 18.6. The van der Waals surface area contributed by atoms with Crippen LogP contribution in [0.15, 0.2) is 71.6 Å². The van der Waals surface area contributed by atoms with Crippen molar-refractivity contribution in [2.45, 2.75) is 32.2 Å². The van der Waals surface area contributed by atoms with Gasteiger partial charge in [-0.3, -0.25) is 9.52 Å². The first-order chi connectivity index (χ1) is 14.8. The van der Waals surface area contributed by atoms with Gasteiger partial charge in [0.25, 0.3) is 15.9 Å². The number of carbonyl (C=O) groups is 1. The van der Waals surface area contributed by atoms with Crippen LogP contribution >= 0.6 is 0 Å². The van der Waals surface area contributed by atoms with Gasteiger partial charge in [0.15, 0.2) is 0 Å². The molecule has 0 aliphatic rings. The molecule has 0 unspecified atom stereocenters. The molecule has 0 aliphatic carbocycles. The molecule has 0 bridgehead atoms. The van der Waals surface area contributed by atoms with Gasteiger partial charge < -0.3 is 10.1 Å². The van der Waals surface area contributed by atoms with Crippen molar-refractivity contribution in [3.63, 3.8) is 0 Å². The molecule has 7 heteroatoms.